The molecule has 1 fully saturated rings. The third-order valence-electron chi connectivity index (χ3n) is 7.11. The van der Waals surface area contributed by atoms with Crippen LogP contribution in [0.3, 0.4) is 0 Å². The number of rotatable bonds is 8. The van der Waals surface area contributed by atoms with E-state index in [1.165, 1.54) is 0 Å². The van der Waals surface area contributed by atoms with E-state index in [9.17, 15) is 19.5 Å². The first kappa shape index (κ1) is 26.7. The quantitative estimate of drug-likeness (QED) is 0.435. The molecule has 8 heteroatoms. The molecule has 2 aliphatic rings. The SMILES string of the molecule is CC(C)C[C@H](O)C(=O)N[C@H](C(=O)N[C@@H]1C(=O)Nc2ccccc2O[C@@H]1c1ccccc1)C1CCCCC1. The van der Waals surface area contributed by atoms with E-state index in [1.54, 1.807) is 18.2 Å². The lowest BCUT2D eigenvalue weighted by atomic mass is 9.83. The summed E-state index contributed by atoms with van der Waals surface area (Å²) in [7, 11) is 0. The van der Waals surface area contributed by atoms with Crippen molar-refractivity contribution in [2.24, 2.45) is 11.8 Å². The molecule has 0 saturated heterocycles. The van der Waals surface area contributed by atoms with E-state index in [2.05, 4.69) is 16.0 Å². The number of aliphatic hydroxyl groups excluding tert-OH is 1. The molecule has 4 N–H and O–H groups in total. The number of nitrogens with one attached hydrogen (secondary N) is 3. The maximum Gasteiger partial charge on any atom is 0.251 e. The molecule has 1 aliphatic carbocycles. The van der Waals surface area contributed by atoms with Crippen LogP contribution in [0.2, 0.25) is 0 Å². The Morgan fingerprint density at radius 2 is 1.68 bits per heavy atom. The number of carbonyl (C=O) groups is 3. The molecule has 0 spiro atoms. The van der Waals surface area contributed by atoms with Crippen LogP contribution in [0.1, 0.15) is 64.0 Å². The summed E-state index contributed by atoms with van der Waals surface area (Å²) in [6.45, 7) is 3.85. The zero-order valence-electron chi connectivity index (χ0n) is 21.5. The smallest absolute Gasteiger partial charge is 0.251 e. The molecule has 0 bridgehead atoms. The number of hydrogen-bond donors (Lipinski definition) is 4. The Morgan fingerprint density at radius 1 is 1.00 bits per heavy atom. The third kappa shape index (κ3) is 6.68. The lowest BCUT2D eigenvalue weighted by Gasteiger charge is -2.33. The molecule has 2 aromatic rings. The Morgan fingerprint density at radius 3 is 2.38 bits per heavy atom. The van der Waals surface area contributed by atoms with E-state index < -0.39 is 42.0 Å². The van der Waals surface area contributed by atoms with Crippen LogP contribution in [0.5, 0.6) is 5.75 Å². The number of aliphatic hydroxyl groups is 1. The highest BCUT2D eigenvalue weighted by Crippen LogP contribution is 2.35. The summed E-state index contributed by atoms with van der Waals surface area (Å²) in [5.74, 6) is -0.856. The maximum absolute atomic E-state index is 13.8. The number of hydrogen-bond acceptors (Lipinski definition) is 5. The van der Waals surface area contributed by atoms with Crippen molar-refractivity contribution < 1.29 is 24.2 Å². The first-order valence-electron chi connectivity index (χ1n) is 13.2. The summed E-state index contributed by atoms with van der Waals surface area (Å²) in [4.78, 5) is 40.0. The molecule has 0 unspecified atom stereocenters. The van der Waals surface area contributed by atoms with Gasteiger partial charge in [0.15, 0.2) is 6.10 Å². The van der Waals surface area contributed by atoms with Crippen molar-refractivity contribution in [3.8, 4) is 5.75 Å². The van der Waals surface area contributed by atoms with Crippen molar-refractivity contribution >= 4 is 23.4 Å². The average Bonchev–Trinajstić information content (AvgIpc) is 3.03. The van der Waals surface area contributed by atoms with Gasteiger partial charge < -0.3 is 25.8 Å². The number of benzene rings is 2. The van der Waals surface area contributed by atoms with Gasteiger partial charge in [0, 0.05) is 0 Å². The largest absolute Gasteiger partial charge is 0.481 e. The van der Waals surface area contributed by atoms with E-state index in [0.29, 0.717) is 17.9 Å². The molecule has 8 nitrogen and oxygen atoms in total. The van der Waals surface area contributed by atoms with Crippen LogP contribution in [-0.2, 0) is 14.4 Å². The Kier molecular flexibility index (Phi) is 8.82. The highest BCUT2D eigenvalue weighted by Gasteiger charge is 2.40. The van der Waals surface area contributed by atoms with Gasteiger partial charge in [-0.05, 0) is 48.8 Å². The minimum Gasteiger partial charge on any atom is -0.481 e. The molecule has 1 saturated carbocycles. The third-order valence-corrected chi connectivity index (χ3v) is 7.11. The van der Waals surface area contributed by atoms with Crippen molar-refractivity contribution in [2.45, 2.75) is 76.7 Å². The van der Waals surface area contributed by atoms with Crippen LogP contribution in [0.25, 0.3) is 0 Å². The lowest BCUT2D eigenvalue weighted by Crippen LogP contribution is -2.58. The molecule has 0 aromatic heterocycles. The van der Waals surface area contributed by atoms with E-state index in [4.69, 9.17) is 4.74 Å². The summed E-state index contributed by atoms with van der Waals surface area (Å²) < 4.78 is 6.29. The molecule has 1 heterocycles. The predicted molar refractivity (Wildman–Crippen MR) is 141 cm³/mol. The molecule has 198 valence electrons. The van der Waals surface area contributed by atoms with Gasteiger partial charge in [-0.15, -0.1) is 0 Å². The number of para-hydroxylation sites is 2. The molecule has 2 aromatic carbocycles. The fourth-order valence-corrected chi connectivity index (χ4v) is 5.18. The average molecular weight is 508 g/mol. The molecule has 37 heavy (non-hydrogen) atoms. The minimum atomic E-state index is -1.20. The van der Waals surface area contributed by atoms with Gasteiger partial charge >= 0.3 is 0 Å². The Labute approximate surface area is 218 Å². The summed E-state index contributed by atoms with van der Waals surface area (Å²) in [6.07, 6.45) is 2.93. The molecular formula is C29H37N3O5. The predicted octanol–water partition coefficient (Wildman–Crippen LogP) is 3.72. The van der Waals surface area contributed by atoms with Crippen molar-refractivity contribution in [2.75, 3.05) is 5.32 Å². The van der Waals surface area contributed by atoms with Crippen LogP contribution in [0.15, 0.2) is 54.6 Å². The lowest BCUT2D eigenvalue weighted by molar-refractivity contribution is -0.137. The van der Waals surface area contributed by atoms with Crippen molar-refractivity contribution in [3.63, 3.8) is 0 Å². The number of ether oxygens (including phenoxy) is 1. The topological polar surface area (TPSA) is 117 Å². The molecule has 4 atom stereocenters. The molecule has 3 amide bonds. The standard InChI is InChI=1S/C29H37N3O5/c1-18(2)17-22(33)27(34)31-24(19-11-5-3-6-12-19)28(35)32-25-26(20-13-7-4-8-14-20)37-23-16-10-9-15-21(23)30-29(25)36/h4,7-10,13-16,18-19,22,24-26,33H,3,5-6,11-12,17H2,1-2H3,(H,30,36)(H,31,34)(H,32,35)/t22-,24-,25-,26+/m0/s1. The number of amides is 3. The van der Waals surface area contributed by atoms with Gasteiger partial charge in [0.2, 0.25) is 11.8 Å². The van der Waals surface area contributed by atoms with Crippen LogP contribution >= 0.6 is 0 Å². The Bertz CT molecular complexity index is 1080. The van der Waals surface area contributed by atoms with E-state index >= 15 is 0 Å². The molecular weight excluding hydrogens is 470 g/mol. The van der Waals surface area contributed by atoms with Crippen molar-refractivity contribution in [1.29, 1.82) is 0 Å². The van der Waals surface area contributed by atoms with Gasteiger partial charge in [0.05, 0.1) is 5.69 Å². The maximum atomic E-state index is 13.8. The highest BCUT2D eigenvalue weighted by molar-refractivity contribution is 6.00. The van der Waals surface area contributed by atoms with E-state index in [1.807, 2.05) is 50.2 Å². The van der Waals surface area contributed by atoms with E-state index in [-0.39, 0.29) is 11.8 Å². The fraction of sp³-hybridized carbons (Fsp3) is 0.483. The summed E-state index contributed by atoms with van der Waals surface area (Å²) >= 11 is 0. The second-order valence-electron chi connectivity index (χ2n) is 10.5. The summed E-state index contributed by atoms with van der Waals surface area (Å²) in [5, 5.41) is 19.0. The van der Waals surface area contributed by atoms with Gasteiger partial charge in [-0.1, -0.05) is 75.6 Å². The van der Waals surface area contributed by atoms with Gasteiger partial charge in [-0.2, -0.15) is 0 Å². The fourth-order valence-electron chi connectivity index (χ4n) is 5.18. The zero-order valence-corrected chi connectivity index (χ0v) is 21.5. The summed E-state index contributed by atoms with van der Waals surface area (Å²) in [5.41, 5.74) is 1.27. The van der Waals surface area contributed by atoms with Crippen molar-refractivity contribution in [3.05, 3.63) is 60.2 Å². The molecule has 4 rings (SSSR count). The first-order valence-corrected chi connectivity index (χ1v) is 13.2. The number of carbonyl (C=O) groups excluding carboxylic acids is 3. The van der Waals surface area contributed by atoms with Gasteiger partial charge in [0.25, 0.3) is 5.91 Å². The van der Waals surface area contributed by atoms with Crippen LogP contribution < -0.4 is 20.7 Å². The minimum absolute atomic E-state index is 0.0777. The Hall–Kier alpha value is -3.39. The monoisotopic (exact) mass is 507 g/mol. The molecule has 0 radical (unpaired) electrons. The van der Waals surface area contributed by atoms with Gasteiger partial charge in [0.1, 0.15) is 23.9 Å². The number of fused-ring (bicyclic) bond motifs is 1. The Balaban J connectivity index is 1.60. The zero-order chi connectivity index (χ0) is 26.4. The number of anilines is 1. The van der Waals surface area contributed by atoms with Gasteiger partial charge in [-0.3, -0.25) is 14.4 Å². The van der Waals surface area contributed by atoms with E-state index in [0.717, 1.165) is 37.7 Å². The van der Waals surface area contributed by atoms with Gasteiger partial charge in [-0.25, -0.2) is 0 Å². The van der Waals surface area contributed by atoms with Crippen LogP contribution in [0.4, 0.5) is 5.69 Å². The second kappa shape index (κ2) is 12.2. The normalized spacial score (nSPS) is 21.6. The van der Waals surface area contributed by atoms with Crippen LogP contribution in [-0.4, -0.2) is 41.0 Å². The molecule has 1 aliphatic heterocycles. The second-order valence-corrected chi connectivity index (χ2v) is 10.5. The summed E-state index contributed by atoms with van der Waals surface area (Å²) in [6, 6.07) is 14.5. The van der Waals surface area contributed by atoms with Crippen LogP contribution in [0, 0.1) is 11.8 Å². The first-order chi connectivity index (χ1) is 17.8. The van der Waals surface area contributed by atoms with Crippen molar-refractivity contribution in [1.82, 2.24) is 10.6 Å². The highest BCUT2D eigenvalue weighted by atomic mass is 16.5.